The molecule has 0 spiro atoms. The first-order valence-corrected chi connectivity index (χ1v) is 7.88. The lowest BCUT2D eigenvalue weighted by Gasteiger charge is -2.24. The summed E-state index contributed by atoms with van der Waals surface area (Å²) in [6.07, 6.45) is 4.27. The van der Waals surface area contributed by atoms with Crippen molar-refractivity contribution in [3.63, 3.8) is 0 Å². The van der Waals surface area contributed by atoms with Crippen molar-refractivity contribution in [3.05, 3.63) is 35.1 Å². The Balaban J connectivity index is 2.11. The van der Waals surface area contributed by atoms with Crippen LogP contribution in [-0.2, 0) is 0 Å². The molecule has 0 aliphatic carbocycles. The minimum atomic E-state index is -0.256. The molecule has 1 aliphatic rings. The van der Waals surface area contributed by atoms with E-state index in [1.165, 1.54) is 6.07 Å². The Morgan fingerprint density at radius 1 is 1.53 bits per heavy atom. The summed E-state index contributed by atoms with van der Waals surface area (Å²) in [4.78, 5) is 14.4. The van der Waals surface area contributed by atoms with Gasteiger partial charge in [-0.2, -0.15) is 0 Å². The van der Waals surface area contributed by atoms with E-state index in [-0.39, 0.29) is 11.7 Å². The highest BCUT2D eigenvalue weighted by atomic mass is 79.9. The average molecular weight is 328 g/mol. The number of nitrogens with zero attached hydrogens (tertiary/aromatic N) is 1. The lowest BCUT2D eigenvalue weighted by Crippen LogP contribution is -2.35. The first kappa shape index (κ1) is 14.5. The Kier molecular flexibility index (Phi) is 4.97. The first-order chi connectivity index (χ1) is 9.13. The van der Waals surface area contributed by atoms with Crippen molar-refractivity contribution in [2.75, 3.05) is 11.9 Å². The Morgan fingerprint density at radius 2 is 2.32 bits per heavy atom. The lowest BCUT2D eigenvalue weighted by atomic mass is 10.1. The molecule has 1 amide bonds. The van der Waals surface area contributed by atoms with Crippen LogP contribution in [0, 0.1) is 12.7 Å². The van der Waals surface area contributed by atoms with E-state index >= 15 is 0 Å². The summed E-state index contributed by atoms with van der Waals surface area (Å²) in [7, 11) is 0. The van der Waals surface area contributed by atoms with Crippen LogP contribution in [0.25, 0.3) is 0 Å². The highest BCUT2D eigenvalue weighted by Gasteiger charge is 2.28. The first-order valence-electron chi connectivity index (χ1n) is 6.76. The van der Waals surface area contributed by atoms with Gasteiger partial charge in [0.05, 0.1) is 0 Å². The summed E-state index contributed by atoms with van der Waals surface area (Å²) in [6, 6.07) is 4.96. The maximum atomic E-state index is 13.3. The molecular formula is C15H19BrFNO. The van der Waals surface area contributed by atoms with Gasteiger partial charge in [0.15, 0.2) is 0 Å². The largest absolute Gasteiger partial charge is 0.336 e. The van der Waals surface area contributed by atoms with Crippen LogP contribution < -0.4 is 0 Å². The van der Waals surface area contributed by atoms with E-state index in [1.54, 1.807) is 19.1 Å². The number of aryl methyl sites for hydroxylation is 1. The quantitative estimate of drug-likeness (QED) is 0.768. The molecule has 0 N–H and O–H groups in total. The van der Waals surface area contributed by atoms with Gasteiger partial charge in [-0.15, -0.1) is 0 Å². The summed E-state index contributed by atoms with van der Waals surface area (Å²) in [6.45, 7) is 2.51. The Hall–Kier alpha value is -0.900. The van der Waals surface area contributed by atoms with Gasteiger partial charge in [-0.25, -0.2) is 4.39 Å². The average Bonchev–Trinajstić information content (AvgIpc) is 2.87. The predicted octanol–water partition coefficient (Wildman–Crippen LogP) is 3.91. The molecule has 0 radical (unpaired) electrons. The molecule has 1 aromatic carbocycles. The molecular weight excluding hydrogens is 309 g/mol. The van der Waals surface area contributed by atoms with Gasteiger partial charge in [0.25, 0.3) is 5.91 Å². The molecule has 2 nitrogen and oxygen atoms in total. The second-order valence-electron chi connectivity index (χ2n) is 5.09. The number of amides is 1. The molecule has 104 valence electrons. The fourth-order valence-corrected chi connectivity index (χ4v) is 2.98. The molecule has 1 aromatic rings. The highest BCUT2D eigenvalue weighted by Crippen LogP contribution is 2.24. The molecule has 1 saturated heterocycles. The van der Waals surface area contributed by atoms with Crippen LogP contribution in [0.5, 0.6) is 0 Å². The number of hydrogen-bond acceptors (Lipinski definition) is 1. The van der Waals surface area contributed by atoms with Crippen molar-refractivity contribution in [1.29, 1.82) is 0 Å². The van der Waals surface area contributed by atoms with Crippen molar-refractivity contribution in [2.24, 2.45) is 0 Å². The zero-order valence-corrected chi connectivity index (χ0v) is 12.7. The normalized spacial score (nSPS) is 18.9. The molecule has 1 fully saturated rings. The summed E-state index contributed by atoms with van der Waals surface area (Å²) < 4.78 is 13.3. The minimum absolute atomic E-state index is 0.0418. The third kappa shape index (κ3) is 3.35. The fraction of sp³-hybridized carbons (Fsp3) is 0.533. The number of alkyl halides is 1. The monoisotopic (exact) mass is 327 g/mol. The van der Waals surface area contributed by atoms with Gasteiger partial charge < -0.3 is 4.90 Å². The number of carbonyl (C=O) groups excluding carboxylic acids is 1. The van der Waals surface area contributed by atoms with E-state index in [4.69, 9.17) is 0 Å². The van der Waals surface area contributed by atoms with Crippen molar-refractivity contribution in [2.45, 2.75) is 38.6 Å². The van der Waals surface area contributed by atoms with E-state index in [0.29, 0.717) is 17.2 Å². The maximum absolute atomic E-state index is 13.3. The zero-order valence-electron chi connectivity index (χ0n) is 11.2. The third-order valence-corrected chi connectivity index (χ3v) is 4.27. The van der Waals surface area contributed by atoms with Gasteiger partial charge >= 0.3 is 0 Å². The zero-order chi connectivity index (χ0) is 13.8. The molecule has 2 rings (SSSR count). The number of halogens is 2. The number of hydrogen-bond donors (Lipinski definition) is 0. The molecule has 0 saturated carbocycles. The molecule has 1 aliphatic heterocycles. The van der Waals surface area contributed by atoms with Crippen molar-refractivity contribution in [1.82, 2.24) is 4.90 Å². The van der Waals surface area contributed by atoms with Gasteiger partial charge in [-0.3, -0.25) is 4.79 Å². The van der Waals surface area contributed by atoms with Crippen LogP contribution >= 0.6 is 15.9 Å². The standard InChI is InChI=1S/C15H19BrFNO/c1-11-10-12(6-7-14(11)17)15(19)18-9-3-5-13(18)4-2-8-16/h6-7,10,13H,2-5,8-9H2,1H3. The van der Waals surface area contributed by atoms with Crippen molar-refractivity contribution < 1.29 is 9.18 Å². The van der Waals surface area contributed by atoms with Gasteiger partial charge in [-0.05, 0) is 56.4 Å². The molecule has 19 heavy (non-hydrogen) atoms. The van der Waals surface area contributed by atoms with E-state index < -0.39 is 0 Å². The van der Waals surface area contributed by atoms with Crippen LogP contribution in [0.4, 0.5) is 4.39 Å². The Bertz CT molecular complexity index is 463. The number of rotatable bonds is 4. The van der Waals surface area contributed by atoms with E-state index in [2.05, 4.69) is 15.9 Å². The second-order valence-corrected chi connectivity index (χ2v) is 5.88. The lowest BCUT2D eigenvalue weighted by molar-refractivity contribution is 0.0730. The molecule has 0 aromatic heterocycles. The maximum Gasteiger partial charge on any atom is 0.254 e. The van der Waals surface area contributed by atoms with Gasteiger partial charge in [0.1, 0.15) is 5.82 Å². The predicted molar refractivity (Wildman–Crippen MR) is 78.2 cm³/mol. The van der Waals surface area contributed by atoms with Crippen molar-refractivity contribution >= 4 is 21.8 Å². The molecule has 1 atom stereocenters. The number of likely N-dealkylation sites (tertiary alicyclic amines) is 1. The summed E-state index contributed by atoms with van der Waals surface area (Å²) in [5, 5.41) is 0.973. The Morgan fingerprint density at radius 3 is 3.00 bits per heavy atom. The molecule has 4 heteroatoms. The van der Waals surface area contributed by atoms with Crippen LogP contribution in [0.15, 0.2) is 18.2 Å². The van der Waals surface area contributed by atoms with E-state index in [9.17, 15) is 9.18 Å². The highest BCUT2D eigenvalue weighted by molar-refractivity contribution is 9.09. The second kappa shape index (κ2) is 6.51. The summed E-state index contributed by atoms with van der Waals surface area (Å²) in [5.74, 6) is -0.214. The minimum Gasteiger partial charge on any atom is -0.336 e. The van der Waals surface area contributed by atoms with Crippen LogP contribution in [-0.4, -0.2) is 28.7 Å². The van der Waals surface area contributed by atoms with Gasteiger partial charge in [0.2, 0.25) is 0 Å². The fourth-order valence-electron chi connectivity index (χ4n) is 2.66. The van der Waals surface area contributed by atoms with Crippen LogP contribution in [0.1, 0.15) is 41.6 Å². The van der Waals surface area contributed by atoms with E-state index in [1.807, 2.05) is 4.90 Å². The SMILES string of the molecule is Cc1cc(C(=O)N2CCCC2CCCBr)ccc1F. The van der Waals surface area contributed by atoms with Crippen LogP contribution in [0.2, 0.25) is 0 Å². The summed E-state index contributed by atoms with van der Waals surface area (Å²) >= 11 is 3.43. The summed E-state index contributed by atoms with van der Waals surface area (Å²) in [5.41, 5.74) is 1.13. The Labute approximate surface area is 122 Å². The number of carbonyl (C=O) groups is 1. The molecule has 1 unspecified atom stereocenters. The molecule has 1 heterocycles. The molecule has 0 bridgehead atoms. The number of benzene rings is 1. The van der Waals surface area contributed by atoms with Crippen LogP contribution in [0.3, 0.4) is 0 Å². The third-order valence-electron chi connectivity index (χ3n) is 3.71. The van der Waals surface area contributed by atoms with E-state index in [0.717, 1.165) is 37.6 Å². The van der Waals surface area contributed by atoms with Gasteiger partial charge in [0, 0.05) is 23.5 Å². The van der Waals surface area contributed by atoms with Crippen molar-refractivity contribution in [3.8, 4) is 0 Å². The smallest absolute Gasteiger partial charge is 0.254 e. The topological polar surface area (TPSA) is 20.3 Å². The van der Waals surface area contributed by atoms with Gasteiger partial charge in [-0.1, -0.05) is 15.9 Å².